The van der Waals surface area contributed by atoms with Crippen LogP contribution in [0.1, 0.15) is 0 Å². The first-order chi connectivity index (χ1) is 11.9. The van der Waals surface area contributed by atoms with Gasteiger partial charge in [-0.15, -0.1) is 0 Å². The van der Waals surface area contributed by atoms with Gasteiger partial charge in [0.05, 0.1) is 36.1 Å². The minimum atomic E-state index is -0.499. The Balaban J connectivity index is 2.35. The van der Waals surface area contributed by atoms with Crippen LogP contribution in [0.4, 0.5) is 5.69 Å². The smallest absolute Gasteiger partial charge is 0.263 e. The van der Waals surface area contributed by atoms with E-state index in [0.29, 0.717) is 21.2 Å². The number of hydrogen-bond acceptors (Lipinski definition) is 3. The molecule has 3 rings (SSSR count). The summed E-state index contributed by atoms with van der Waals surface area (Å²) in [6.45, 7) is 0. The molecule has 4 nitrogen and oxygen atoms in total. The van der Waals surface area contributed by atoms with E-state index in [0.717, 1.165) is 0 Å². The van der Waals surface area contributed by atoms with Crippen LogP contribution in [0.15, 0.2) is 48.8 Å². The summed E-state index contributed by atoms with van der Waals surface area (Å²) in [6, 6.07) is 9.80. The van der Waals surface area contributed by atoms with Crippen molar-refractivity contribution >= 4 is 52.1 Å². The summed E-state index contributed by atoms with van der Waals surface area (Å²) >= 11 is 24.5. The van der Waals surface area contributed by atoms with Crippen LogP contribution in [0, 0.1) is 10.1 Å². The van der Waals surface area contributed by atoms with E-state index in [4.69, 9.17) is 46.4 Å². The largest absolute Gasteiger partial charge is 0.288 e. The Morgan fingerprint density at radius 2 is 1.20 bits per heavy atom. The lowest BCUT2D eigenvalue weighted by Gasteiger charge is -2.11. The lowest BCUT2D eigenvalue weighted by Crippen LogP contribution is -1.98. The molecule has 0 saturated heterocycles. The molecule has 0 fully saturated rings. The molecule has 8 heteroatoms. The molecule has 0 aliphatic heterocycles. The van der Waals surface area contributed by atoms with Gasteiger partial charge in [-0.05, 0) is 12.1 Å². The van der Waals surface area contributed by atoms with E-state index in [-0.39, 0.29) is 26.9 Å². The second-order valence-corrected chi connectivity index (χ2v) is 6.61. The molecule has 1 heterocycles. The third-order valence-electron chi connectivity index (χ3n) is 3.58. The highest BCUT2D eigenvalue weighted by Crippen LogP contribution is 2.44. The van der Waals surface area contributed by atoms with Crippen LogP contribution in [-0.4, -0.2) is 9.91 Å². The predicted octanol–water partition coefficient (Wildman–Crippen LogP) is 6.94. The average Bonchev–Trinajstić information content (AvgIpc) is 2.59. The van der Waals surface area contributed by atoms with E-state index in [1.54, 1.807) is 36.4 Å². The zero-order chi connectivity index (χ0) is 18.1. The summed E-state index contributed by atoms with van der Waals surface area (Å²) in [7, 11) is 0. The molecule has 0 unspecified atom stereocenters. The van der Waals surface area contributed by atoms with Crippen molar-refractivity contribution in [2.45, 2.75) is 0 Å². The summed E-state index contributed by atoms with van der Waals surface area (Å²) in [5, 5.41) is 12.8. The van der Waals surface area contributed by atoms with E-state index in [1.165, 1.54) is 12.4 Å². The fourth-order valence-corrected chi connectivity index (χ4v) is 3.27. The van der Waals surface area contributed by atoms with Gasteiger partial charge >= 0.3 is 0 Å². The zero-order valence-corrected chi connectivity index (χ0v) is 15.4. The highest BCUT2D eigenvalue weighted by Gasteiger charge is 2.26. The van der Waals surface area contributed by atoms with Crippen molar-refractivity contribution in [2.24, 2.45) is 0 Å². The lowest BCUT2D eigenvalue weighted by atomic mass is 9.99. The molecule has 126 valence electrons. The summed E-state index contributed by atoms with van der Waals surface area (Å²) in [6.07, 6.45) is 2.75. The van der Waals surface area contributed by atoms with Crippen LogP contribution < -0.4 is 0 Å². The van der Waals surface area contributed by atoms with Crippen molar-refractivity contribution in [3.05, 3.63) is 79.0 Å². The molecule has 1 aromatic heterocycles. The first kappa shape index (κ1) is 18.0. The Morgan fingerprint density at radius 1 is 0.760 bits per heavy atom. The minimum absolute atomic E-state index is 0.177. The number of nitro groups is 1. The number of hydrogen-bond donors (Lipinski definition) is 0. The molecule has 2 aromatic carbocycles. The maximum atomic E-state index is 11.8. The quantitative estimate of drug-likeness (QED) is 0.345. The molecule has 0 aliphatic rings. The molecule has 3 aromatic rings. The third-order valence-corrected chi connectivity index (χ3v) is 5.22. The lowest BCUT2D eigenvalue weighted by molar-refractivity contribution is -0.383. The molecule has 0 bridgehead atoms. The topological polar surface area (TPSA) is 56.0 Å². The van der Waals surface area contributed by atoms with Gasteiger partial charge in [0.15, 0.2) is 0 Å². The Labute approximate surface area is 163 Å². The van der Waals surface area contributed by atoms with Crippen molar-refractivity contribution in [2.75, 3.05) is 0 Å². The fourth-order valence-electron chi connectivity index (χ4n) is 2.47. The Morgan fingerprint density at radius 3 is 1.60 bits per heavy atom. The van der Waals surface area contributed by atoms with Gasteiger partial charge in [0, 0.05) is 23.5 Å². The standard InChI is InChI=1S/C17H8Cl4N2O2/c18-13-5-1-3-9(15(13)20)11-7-22-8-12(17(11)23(24)25)10-4-2-6-14(19)16(10)21/h1-8H. The second kappa shape index (κ2) is 7.18. The van der Waals surface area contributed by atoms with Gasteiger partial charge in [0.1, 0.15) is 0 Å². The number of nitrogens with zero attached hydrogens (tertiary/aromatic N) is 2. The van der Waals surface area contributed by atoms with Crippen LogP contribution >= 0.6 is 46.4 Å². The van der Waals surface area contributed by atoms with Gasteiger partial charge < -0.3 is 0 Å². The number of pyridine rings is 1. The summed E-state index contributed by atoms with van der Waals surface area (Å²) in [5.74, 6) is 0. The fraction of sp³-hybridized carbons (Fsp3) is 0. The molecule has 25 heavy (non-hydrogen) atoms. The summed E-state index contributed by atoms with van der Waals surface area (Å²) in [5.41, 5.74) is 1.13. The van der Waals surface area contributed by atoms with Crippen molar-refractivity contribution in [3.63, 3.8) is 0 Å². The number of aromatic nitrogens is 1. The molecule has 0 aliphatic carbocycles. The third kappa shape index (κ3) is 3.31. The second-order valence-electron chi connectivity index (χ2n) is 5.04. The van der Waals surface area contributed by atoms with E-state index in [9.17, 15) is 10.1 Å². The summed E-state index contributed by atoms with van der Waals surface area (Å²) in [4.78, 5) is 15.4. The van der Waals surface area contributed by atoms with E-state index in [1.807, 2.05) is 0 Å². The Kier molecular flexibility index (Phi) is 5.16. The molecular weight excluding hydrogens is 406 g/mol. The minimum Gasteiger partial charge on any atom is -0.263 e. The van der Waals surface area contributed by atoms with Crippen molar-refractivity contribution in [1.29, 1.82) is 0 Å². The van der Waals surface area contributed by atoms with E-state index < -0.39 is 4.92 Å². The monoisotopic (exact) mass is 412 g/mol. The molecular formula is C17H8Cl4N2O2. The van der Waals surface area contributed by atoms with Gasteiger partial charge in [0.25, 0.3) is 5.69 Å². The van der Waals surface area contributed by atoms with Crippen molar-refractivity contribution in [3.8, 4) is 22.3 Å². The first-order valence-electron chi connectivity index (χ1n) is 6.93. The van der Waals surface area contributed by atoms with Crippen LogP contribution in [-0.2, 0) is 0 Å². The summed E-state index contributed by atoms with van der Waals surface area (Å²) < 4.78 is 0. The van der Waals surface area contributed by atoms with Gasteiger partial charge in [-0.25, -0.2) is 0 Å². The maximum Gasteiger partial charge on any atom is 0.288 e. The van der Waals surface area contributed by atoms with E-state index >= 15 is 0 Å². The van der Waals surface area contributed by atoms with Crippen LogP contribution in [0.5, 0.6) is 0 Å². The van der Waals surface area contributed by atoms with Gasteiger partial charge in [-0.1, -0.05) is 70.7 Å². The van der Waals surface area contributed by atoms with Gasteiger partial charge in [-0.2, -0.15) is 0 Å². The molecule has 0 amide bonds. The van der Waals surface area contributed by atoms with E-state index in [2.05, 4.69) is 4.98 Å². The molecule has 0 spiro atoms. The van der Waals surface area contributed by atoms with Crippen LogP contribution in [0.2, 0.25) is 20.1 Å². The van der Waals surface area contributed by atoms with Gasteiger partial charge in [-0.3, -0.25) is 15.1 Å². The van der Waals surface area contributed by atoms with Crippen LogP contribution in [0.25, 0.3) is 22.3 Å². The average molecular weight is 414 g/mol. The Bertz CT molecular complexity index is 923. The Hall–Kier alpha value is -1.85. The number of halogens is 4. The molecule has 0 radical (unpaired) electrons. The number of rotatable bonds is 3. The molecule has 0 N–H and O–H groups in total. The highest BCUT2D eigenvalue weighted by molar-refractivity contribution is 6.44. The maximum absolute atomic E-state index is 11.8. The molecule has 0 atom stereocenters. The van der Waals surface area contributed by atoms with Crippen LogP contribution in [0.3, 0.4) is 0 Å². The number of benzene rings is 2. The van der Waals surface area contributed by atoms with Crippen molar-refractivity contribution in [1.82, 2.24) is 4.98 Å². The SMILES string of the molecule is O=[N+]([O-])c1c(-c2cccc(Cl)c2Cl)cncc1-c1cccc(Cl)c1Cl. The van der Waals surface area contributed by atoms with Gasteiger partial charge in [0.2, 0.25) is 0 Å². The first-order valence-corrected chi connectivity index (χ1v) is 8.44. The zero-order valence-electron chi connectivity index (χ0n) is 12.3. The normalized spacial score (nSPS) is 10.7. The van der Waals surface area contributed by atoms with Crippen molar-refractivity contribution < 1.29 is 4.92 Å². The molecule has 0 saturated carbocycles. The highest BCUT2D eigenvalue weighted by atomic mass is 35.5. The predicted molar refractivity (Wildman–Crippen MR) is 102 cm³/mol.